The van der Waals surface area contributed by atoms with E-state index in [0.717, 1.165) is 51.6 Å². The molecule has 0 aromatic carbocycles. The lowest BCUT2D eigenvalue weighted by Crippen LogP contribution is -2.52. The first-order chi connectivity index (χ1) is 8.10. The Bertz CT molecular complexity index is 266. The van der Waals surface area contributed by atoms with Gasteiger partial charge in [-0.05, 0) is 52.0 Å². The van der Waals surface area contributed by atoms with Crippen molar-refractivity contribution in [1.29, 1.82) is 0 Å². The average Bonchev–Trinajstić information content (AvgIpc) is 2.33. The molecule has 1 unspecified atom stereocenters. The molecule has 98 valence electrons. The van der Waals surface area contributed by atoms with E-state index >= 15 is 0 Å². The fourth-order valence-corrected chi connectivity index (χ4v) is 2.87. The highest BCUT2D eigenvalue weighted by molar-refractivity contribution is 5.82. The normalized spacial score (nSPS) is 38.7. The smallest absolute Gasteiger partial charge is 0.227 e. The van der Waals surface area contributed by atoms with E-state index in [4.69, 9.17) is 5.73 Å². The van der Waals surface area contributed by atoms with Crippen LogP contribution in [0.3, 0.4) is 0 Å². The quantitative estimate of drug-likeness (QED) is 0.666. The van der Waals surface area contributed by atoms with Crippen molar-refractivity contribution in [2.45, 2.75) is 57.5 Å². The second kappa shape index (κ2) is 5.36. The van der Waals surface area contributed by atoms with Crippen molar-refractivity contribution in [1.82, 2.24) is 10.6 Å². The second-order valence-corrected chi connectivity index (χ2v) is 5.93. The van der Waals surface area contributed by atoms with Gasteiger partial charge in [0, 0.05) is 18.6 Å². The summed E-state index contributed by atoms with van der Waals surface area (Å²) in [5.41, 5.74) is 5.66. The summed E-state index contributed by atoms with van der Waals surface area (Å²) in [4.78, 5) is 12.3. The maximum absolute atomic E-state index is 12.3. The molecule has 1 atom stereocenters. The average molecular weight is 239 g/mol. The number of rotatable bonds is 2. The van der Waals surface area contributed by atoms with Crippen LogP contribution in [-0.2, 0) is 4.79 Å². The van der Waals surface area contributed by atoms with Crippen LogP contribution in [0.2, 0.25) is 0 Å². The van der Waals surface area contributed by atoms with Crippen LogP contribution in [0.5, 0.6) is 0 Å². The molecule has 1 heterocycles. The van der Waals surface area contributed by atoms with Crippen molar-refractivity contribution >= 4 is 5.91 Å². The molecule has 2 aliphatic rings. The van der Waals surface area contributed by atoms with Crippen molar-refractivity contribution in [2.75, 3.05) is 13.1 Å². The van der Waals surface area contributed by atoms with Gasteiger partial charge in [-0.15, -0.1) is 0 Å². The third-order valence-electron chi connectivity index (χ3n) is 4.25. The van der Waals surface area contributed by atoms with Gasteiger partial charge in [0.15, 0.2) is 0 Å². The summed E-state index contributed by atoms with van der Waals surface area (Å²) in [6.07, 6.45) is 6.25. The number of carbonyl (C=O) groups is 1. The summed E-state index contributed by atoms with van der Waals surface area (Å²) in [5.74, 6) is 0.227. The lowest BCUT2D eigenvalue weighted by atomic mass is 9.81. The van der Waals surface area contributed by atoms with Crippen LogP contribution >= 0.6 is 0 Å². The molecule has 0 aromatic heterocycles. The van der Waals surface area contributed by atoms with E-state index in [1.54, 1.807) is 0 Å². The van der Waals surface area contributed by atoms with Gasteiger partial charge < -0.3 is 16.4 Å². The van der Waals surface area contributed by atoms with Crippen molar-refractivity contribution in [2.24, 2.45) is 11.1 Å². The summed E-state index contributed by atoms with van der Waals surface area (Å²) >= 11 is 0. The summed E-state index contributed by atoms with van der Waals surface area (Å²) in [6, 6.07) is 0.691. The molecule has 1 saturated heterocycles. The minimum atomic E-state index is -0.211. The summed E-state index contributed by atoms with van der Waals surface area (Å²) in [5, 5.41) is 6.53. The van der Waals surface area contributed by atoms with Gasteiger partial charge >= 0.3 is 0 Å². The minimum absolute atomic E-state index is 0.211. The summed E-state index contributed by atoms with van der Waals surface area (Å²) in [7, 11) is 0. The number of hydrogen-bond acceptors (Lipinski definition) is 3. The van der Waals surface area contributed by atoms with Gasteiger partial charge in [0.2, 0.25) is 5.91 Å². The maximum atomic E-state index is 12.3. The van der Waals surface area contributed by atoms with E-state index in [1.165, 1.54) is 0 Å². The lowest BCUT2D eigenvalue weighted by Gasteiger charge is -2.35. The van der Waals surface area contributed by atoms with Crippen LogP contribution in [0.4, 0.5) is 0 Å². The Hall–Kier alpha value is -0.610. The fourth-order valence-electron chi connectivity index (χ4n) is 2.87. The molecular formula is C13H25N3O. The van der Waals surface area contributed by atoms with Gasteiger partial charge in [-0.2, -0.15) is 0 Å². The van der Waals surface area contributed by atoms with Gasteiger partial charge in [0.1, 0.15) is 0 Å². The fraction of sp³-hybridized carbons (Fsp3) is 0.923. The number of amides is 1. The summed E-state index contributed by atoms with van der Waals surface area (Å²) < 4.78 is 0. The number of piperidine rings is 1. The molecule has 17 heavy (non-hydrogen) atoms. The molecule has 1 aliphatic heterocycles. The Labute approximate surface area is 104 Å². The first kappa shape index (κ1) is 12.8. The van der Waals surface area contributed by atoms with E-state index in [0.29, 0.717) is 12.1 Å². The van der Waals surface area contributed by atoms with E-state index in [2.05, 4.69) is 17.6 Å². The van der Waals surface area contributed by atoms with Gasteiger partial charge in [0.05, 0.1) is 5.41 Å². The molecule has 1 saturated carbocycles. The molecule has 2 fully saturated rings. The zero-order chi connectivity index (χ0) is 12.3. The monoisotopic (exact) mass is 239 g/mol. The number of nitrogens with one attached hydrogen (secondary N) is 2. The zero-order valence-electron chi connectivity index (χ0n) is 10.8. The number of nitrogens with two attached hydrogens (primary N) is 1. The Balaban J connectivity index is 1.83. The zero-order valence-corrected chi connectivity index (χ0v) is 10.8. The van der Waals surface area contributed by atoms with E-state index in [9.17, 15) is 4.79 Å². The van der Waals surface area contributed by atoms with Crippen LogP contribution in [-0.4, -0.2) is 31.1 Å². The molecule has 4 N–H and O–H groups in total. The first-order valence-corrected chi connectivity index (χ1v) is 6.87. The molecule has 4 nitrogen and oxygen atoms in total. The predicted molar refractivity (Wildman–Crippen MR) is 68.6 cm³/mol. The Morgan fingerprint density at radius 2 is 2.06 bits per heavy atom. The molecular weight excluding hydrogens is 214 g/mol. The Kier molecular flexibility index (Phi) is 4.05. The van der Waals surface area contributed by atoms with Crippen LogP contribution in [0.25, 0.3) is 0 Å². The highest BCUT2D eigenvalue weighted by atomic mass is 16.2. The molecule has 0 bridgehead atoms. The molecule has 4 heteroatoms. The molecule has 0 radical (unpaired) electrons. The van der Waals surface area contributed by atoms with Gasteiger partial charge in [-0.25, -0.2) is 0 Å². The molecule has 0 spiro atoms. The van der Waals surface area contributed by atoms with Gasteiger partial charge in [-0.1, -0.05) is 0 Å². The highest BCUT2D eigenvalue weighted by Crippen LogP contribution is 2.27. The predicted octanol–water partition coefficient (Wildman–Crippen LogP) is 0.762. The van der Waals surface area contributed by atoms with E-state index in [-0.39, 0.29) is 11.3 Å². The molecule has 1 aliphatic carbocycles. The van der Waals surface area contributed by atoms with Crippen LogP contribution in [0.1, 0.15) is 45.4 Å². The van der Waals surface area contributed by atoms with E-state index < -0.39 is 0 Å². The van der Waals surface area contributed by atoms with Gasteiger partial charge in [-0.3, -0.25) is 4.79 Å². The summed E-state index contributed by atoms with van der Waals surface area (Å²) in [6.45, 7) is 3.93. The minimum Gasteiger partial charge on any atom is -0.353 e. The van der Waals surface area contributed by atoms with Crippen LogP contribution < -0.4 is 16.4 Å². The lowest BCUT2D eigenvalue weighted by molar-refractivity contribution is -0.132. The molecule has 0 aromatic rings. The SMILES string of the molecule is CC1(C(=O)NC2CCC(N)CC2)CCCNC1. The Morgan fingerprint density at radius 3 is 2.65 bits per heavy atom. The molecule has 1 amide bonds. The number of carbonyl (C=O) groups excluding carboxylic acids is 1. The van der Waals surface area contributed by atoms with E-state index in [1.807, 2.05) is 0 Å². The van der Waals surface area contributed by atoms with Crippen LogP contribution in [0, 0.1) is 5.41 Å². The Morgan fingerprint density at radius 1 is 1.35 bits per heavy atom. The highest BCUT2D eigenvalue weighted by Gasteiger charge is 2.35. The largest absolute Gasteiger partial charge is 0.353 e. The van der Waals surface area contributed by atoms with Crippen molar-refractivity contribution < 1.29 is 4.79 Å². The van der Waals surface area contributed by atoms with Crippen molar-refractivity contribution in [3.8, 4) is 0 Å². The third-order valence-corrected chi connectivity index (χ3v) is 4.25. The molecule has 2 rings (SSSR count). The standard InChI is InChI=1S/C13H25N3O/c1-13(7-2-8-15-9-13)12(17)16-11-5-3-10(14)4-6-11/h10-11,15H,2-9,14H2,1H3,(H,16,17). The third kappa shape index (κ3) is 3.19. The second-order valence-electron chi connectivity index (χ2n) is 5.93. The maximum Gasteiger partial charge on any atom is 0.227 e. The van der Waals surface area contributed by atoms with Crippen molar-refractivity contribution in [3.05, 3.63) is 0 Å². The first-order valence-electron chi connectivity index (χ1n) is 6.87. The van der Waals surface area contributed by atoms with Crippen LogP contribution in [0.15, 0.2) is 0 Å². The van der Waals surface area contributed by atoms with Crippen molar-refractivity contribution in [3.63, 3.8) is 0 Å². The number of hydrogen-bond donors (Lipinski definition) is 3. The van der Waals surface area contributed by atoms with Gasteiger partial charge in [0.25, 0.3) is 0 Å². The topological polar surface area (TPSA) is 67.2 Å².